The lowest BCUT2D eigenvalue weighted by atomic mass is 9.94. The molecular formula is C24H18F2N2O3. The molecule has 2 aromatic carbocycles. The largest absolute Gasteiger partial charge is 0.507 e. The molecule has 31 heavy (non-hydrogen) atoms. The molecule has 7 heteroatoms. The Morgan fingerprint density at radius 3 is 2.42 bits per heavy atom. The molecule has 1 atom stereocenters. The van der Waals surface area contributed by atoms with E-state index < -0.39 is 35.1 Å². The highest BCUT2D eigenvalue weighted by molar-refractivity contribution is 6.46. The van der Waals surface area contributed by atoms with E-state index in [9.17, 15) is 23.5 Å². The van der Waals surface area contributed by atoms with Crippen molar-refractivity contribution in [3.05, 3.63) is 106 Å². The van der Waals surface area contributed by atoms with Crippen LogP contribution < -0.4 is 0 Å². The third kappa shape index (κ3) is 3.70. The number of rotatable bonds is 4. The second-order valence-corrected chi connectivity index (χ2v) is 7.27. The van der Waals surface area contributed by atoms with E-state index in [1.807, 2.05) is 0 Å². The quantitative estimate of drug-likeness (QED) is 0.388. The molecule has 156 valence electrons. The van der Waals surface area contributed by atoms with Crippen molar-refractivity contribution in [2.45, 2.75) is 19.5 Å². The van der Waals surface area contributed by atoms with Gasteiger partial charge in [0.1, 0.15) is 17.4 Å². The number of halogens is 2. The highest BCUT2D eigenvalue weighted by atomic mass is 19.1. The van der Waals surface area contributed by atoms with Gasteiger partial charge in [-0.1, -0.05) is 30.3 Å². The van der Waals surface area contributed by atoms with Crippen molar-refractivity contribution in [3.8, 4) is 0 Å². The Balaban J connectivity index is 1.90. The molecule has 1 unspecified atom stereocenters. The molecule has 5 nitrogen and oxygen atoms in total. The number of pyridine rings is 1. The SMILES string of the molecule is Cc1ccc(/C(O)=C2/C(=O)C(=O)N(Cc3ccncc3)C2c2ccccc2F)cc1F. The van der Waals surface area contributed by atoms with E-state index in [2.05, 4.69) is 4.98 Å². The number of aromatic nitrogens is 1. The van der Waals surface area contributed by atoms with Crippen LogP contribution in [0.2, 0.25) is 0 Å². The third-order valence-electron chi connectivity index (χ3n) is 5.29. The molecule has 0 radical (unpaired) electrons. The van der Waals surface area contributed by atoms with Crippen molar-refractivity contribution in [3.63, 3.8) is 0 Å². The van der Waals surface area contributed by atoms with Gasteiger partial charge in [-0.25, -0.2) is 8.78 Å². The zero-order valence-corrected chi connectivity index (χ0v) is 16.5. The number of benzene rings is 2. The summed E-state index contributed by atoms with van der Waals surface area (Å²) in [6, 6.07) is 11.9. The lowest BCUT2D eigenvalue weighted by Crippen LogP contribution is -2.29. The monoisotopic (exact) mass is 420 g/mol. The van der Waals surface area contributed by atoms with Gasteiger partial charge in [0.2, 0.25) is 0 Å². The molecule has 3 aromatic rings. The van der Waals surface area contributed by atoms with Crippen LogP contribution in [0.25, 0.3) is 5.76 Å². The number of Topliss-reactive ketones (excluding diaryl/α,β-unsaturated/α-hetero) is 1. The Hall–Kier alpha value is -3.87. The van der Waals surface area contributed by atoms with Crippen LogP contribution >= 0.6 is 0 Å². The highest BCUT2D eigenvalue weighted by Crippen LogP contribution is 2.41. The van der Waals surface area contributed by atoms with E-state index in [-0.39, 0.29) is 23.2 Å². The van der Waals surface area contributed by atoms with Gasteiger partial charge >= 0.3 is 0 Å². The van der Waals surface area contributed by atoms with E-state index in [4.69, 9.17) is 0 Å². The Morgan fingerprint density at radius 1 is 1.03 bits per heavy atom. The van der Waals surface area contributed by atoms with Crippen LogP contribution in [0.4, 0.5) is 8.78 Å². The number of likely N-dealkylation sites (tertiary alicyclic amines) is 1. The molecule has 1 aliphatic heterocycles. The maximum atomic E-state index is 14.7. The van der Waals surface area contributed by atoms with Crippen molar-refractivity contribution < 1.29 is 23.5 Å². The smallest absolute Gasteiger partial charge is 0.295 e. The molecule has 0 saturated carbocycles. The van der Waals surface area contributed by atoms with Crippen molar-refractivity contribution in [1.82, 2.24) is 9.88 Å². The van der Waals surface area contributed by atoms with Crippen LogP contribution in [0.5, 0.6) is 0 Å². The third-order valence-corrected chi connectivity index (χ3v) is 5.29. The Kier molecular flexibility index (Phi) is 5.33. The molecule has 1 saturated heterocycles. The van der Waals surface area contributed by atoms with Gasteiger partial charge in [-0.05, 0) is 42.3 Å². The van der Waals surface area contributed by atoms with E-state index in [0.29, 0.717) is 11.1 Å². The number of aliphatic hydroxyl groups is 1. The highest BCUT2D eigenvalue weighted by Gasteiger charge is 2.46. The van der Waals surface area contributed by atoms with Gasteiger partial charge in [0.05, 0.1) is 11.6 Å². The number of hydrogen-bond acceptors (Lipinski definition) is 4. The zero-order valence-electron chi connectivity index (χ0n) is 16.5. The fourth-order valence-electron chi connectivity index (χ4n) is 3.64. The summed E-state index contributed by atoms with van der Waals surface area (Å²) in [6.07, 6.45) is 3.08. The van der Waals surface area contributed by atoms with Gasteiger partial charge in [0.25, 0.3) is 11.7 Å². The van der Waals surface area contributed by atoms with Crippen LogP contribution in [0.3, 0.4) is 0 Å². The van der Waals surface area contributed by atoms with Gasteiger partial charge in [-0.15, -0.1) is 0 Å². The summed E-state index contributed by atoms with van der Waals surface area (Å²) in [5.74, 6) is -3.59. The number of hydrogen-bond donors (Lipinski definition) is 1. The molecular weight excluding hydrogens is 402 g/mol. The number of aliphatic hydroxyl groups excluding tert-OH is 1. The molecule has 1 aromatic heterocycles. The van der Waals surface area contributed by atoms with E-state index in [0.717, 1.165) is 6.07 Å². The number of carbonyl (C=O) groups excluding carboxylic acids is 2. The Bertz CT molecular complexity index is 1210. The number of ketones is 1. The first-order chi connectivity index (χ1) is 14.9. The molecule has 0 aliphatic carbocycles. The first kappa shape index (κ1) is 20.4. The van der Waals surface area contributed by atoms with Gasteiger partial charge in [0, 0.05) is 30.1 Å². The van der Waals surface area contributed by atoms with Crippen molar-refractivity contribution >= 4 is 17.4 Å². The minimum atomic E-state index is -1.17. The average molecular weight is 420 g/mol. The number of carbonyl (C=O) groups is 2. The van der Waals surface area contributed by atoms with Crippen LogP contribution in [-0.4, -0.2) is 26.7 Å². The van der Waals surface area contributed by atoms with Gasteiger partial charge in [0.15, 0.2) is 0 Å². The van der Waals surface area contributed by atoms with E-state index in [1.165, 1.54) is 35.2 Å². The summed E-state index contributed by atoms with van der Waals surface area (Å²) in [5.41, 5.74) is 0.851. The molecule has 1 amide bonds. The van der Waals surface area contributed by atoms with Crippen LogP contribution in [0.1, 0.15) is 28.3 Å². The number of amides is 1. The summed E-state index contributed by atoms with van der Waals surface area (Å²) in [6.45, 7) is 1.57. The minimum absolute atomic E-state index is 0.00509. The van der Waals surface area contributed by atoms with Gasteiger partial charge in [-0.3, -0.25) is 14.6 Å². The summed E-state index contributed by atoms with van der Waals surface area (Å²) in [7, 11) is 0. The minimum Gasteiger partial charge on any atom is -0.507 e. The first-order valence-corrected chi connectivity index (χ1v) is 9.56. The van der Waals surface area contributed by atoms with E-state index in [1.54, 1.807) is 37.5 Å². The molecule has 4 rings (SSSR count). The maximum absolute atomic E-state index is 14.7. The van der Waals surface area contributed by atoms with Gasteiger partial charge in [-0.2, -0.15) is 0 Å². The predicted molar refractivity (Wildman–Crippen MR) is 110 cm³/mol. The molecule has 1 N–H and O–H groups in total. The Morgan fingerprint density at radius 2 is 1.74 bits per heavy atom. The Labute approximate surface area is 177 Å². The molecule has 2 heterocycles. The molecule has 0 spiro atoms. The molecule has 1 aliphatic rings. The second-order valence-electron chi connectivity index (χ2n) is 7.27. The lowest BCUT2D eigenvalue weighted by molar-refractivity contribution is -0.140. The number of aryl methyl sites for hydroxylation is 1. The van der Waals surface area contributed by atoms with Crippen LogP contribution in [-0.2, 0) is 16.1 Å². The first-order valence-electron chi connectivity index (χ1n) is 9.56. The van der Waals surface area contributed by atoms with Gasteiger partial charge < -0.3 is 10.0 Å². The van der Waals surface area contributed by atoms with E-state index >= 15 is 0 Å². The van der Waals surface area contributed by atoms with Crippen molar-refractivity contribution in [2.75, 3.05) is 0 Å². The normalized spacial score (nSPS) is 17.9. The average Bonchev–Trinajstić information content (AvgIpc) is 3.01. The fourth-order valence-corrected chi connectivity index (χ4v) is 3.64. The van der Waals surface area contributed by atoms with Crippen molar-refractivity contribution in [2.24, 2.45) is 0 Å². The maximum Gasteiger partial charge on any atom is 0.295 e. The van der Waals surface area contributed by atoms with Crippen LogP contribution in [0, 0.1) is 18.6 Å². The predicted octanol–water partition coefficient (Wildman–Crippen LogP) is 4.29. The second kappa shape index (κ2) is 8.10. The number of nitrogens with zero attached hydrogens (tertiary/aromatic N) is 2. The zero-order chi connectivity index (χ0) is 22.1. The standard InChI is InChI=1S/C24H18F2N2O3/c1-14-6-7-16(12-19(14)26)22(29)20-21(17-4-2-3-5-18(17)25)28(24(31)23(20)30)13-15-8-10-27-11-9-15/h2-12,21,29H,13H2,1H3/b22-20-. The summed E-state index contributed by atoms with van der Waals surface area (Å²) < 4.78 is 28.8. The van der Waals surface area contributed by atoms with Crippen molar-refractivity contribution in [1.29, 1.82) is 0 Å². The molecule has 0 bridgehead atoms. The molecule has 1 fully saturated rings. The topological polar surface area (TPSA) is 70.5 Å². The summed E-state index contributed by atoms with van der Waals surface area (Å²) in [4.78, 5) is 30.9. The van der Waals surface area contributed by atoms with Crippen LogP contribution in [0.15, 0.2) is 72.6 Å². The lowest BCUT2D eigenvalue weighted by Gasteiger charge is -2.25. The summed E-state index contributed by atoms with van der Waals surface area (Å²) in [5, 5.41) is 10.9. The summed E-state index contributed by atoms with van der Waals surface area (Å²) >= 11 is 0. The fraction of sp³-hybridized carbons (Fsp3) is 0.125.